The fourth-order valence-electron chi connectivity index (χ4n) is 6.07. The lowest BCUT2D eigenvalue weighted by Gasteiger charge is -2.24. The summed E-state index contributed by atoms with van der Waals surface area (Å²) < 4.78 is 29.0. The van der Waals surface area contributed by atoms with Crippen LogP contribution < -0.4 is 0 Å². The number of unbranched alkanes of at least 4 members (excludes halogenated alkanes) is 22. The van der Waals surface area contributed by atoms with Gasteiger partial charge in [-0.05, 0) is 64.2 Å². The number of carbonyl (C=O) groups is 2. The summed E-state index contributed by atoms with van der Waals surface area (Å²) in [4.78, 5) is 35.9. The van der Waals surface area contributed by atoms with Gasteiger partial charge in [-0.2, -0.15) is 0 Å². The van der Waals surface area contributed by atoms with Crippen LogP contribution in [0.3, 0.4) is 0 Å². The van der Waals surface area contributed by atoms with Crippen LogP contribution in [0.25, 0.3) is 0 Å². The quantitative estimate of drug-likeness (QED) is 0.0218. The molecule has 0 bridgehead atoms. The molecule has 0 rings (SSSR count). The molecule has 0 fully saturated rings. The first-order chi connectivity index (χ1) is 25.5. The van der Waals surface area contributed by atoms with Gasteiger partial charge in [0.1, 0.15) is 25.5 Å². The molecule has 0 aliphatic heterocycles. The molecule has 0 radical (unpaired) electrons. The Labute approximate surface area is 327 Å². The zero-order valence-electron chi connectivity index (χ0n) is 35.3. The summed E-state index contributed by atoms with van der Waals surface area (Å²) in [5, 5.41) is 0. The highest BCUT2D eigenvalue weighted by Crippen LogP contribution is 2.43. The van der Waals surface area contributed by atoms with Crippen LogP contribution in [-0.4, -0.2) is 68.6 Å². The fourth-order valence-corrected chi connectivity index (χ4v) is 6.82. The van der Waals surface area contributed by atoms with Gasteiger partial charge in [-0.1, -0.05) is 141 Å². The molecule has 53 heavy (non-hydrogen) atoms. The van der Waals surface area contributed by atoms with E-state index in [-0.39, 0.29) is 31.6 Å². The molecule has 0 aromatic rings. The van der Waals surface area contributed by atoms with E-state index >= 15 is 0 Å². The fraction of sp³-hybridized carbons (Fsp3) is 0.864. The van der Waals surface area contributed by atoms with Crippen LogP contribution in [0.5, 0.6) is 0 Å². The molecule has 312 valence electrons. The second-order valence-corrected chi connectivity index (χ2v) is 17.6. The van der Waals surface area contributed by atoms with E-state index in [1.807, 2.05) is 21.1 Å². The standard InChI is InChI=1S/C44H84NO7P/c1-6-8-10-12-14-16-18-20-22-24-26-28-30-32-34-36-43(46)42(41-52-53(48,49)51-39-38-45(3,4)5)40-50-44(47)37-35-33-31-29-27-25-23-21-19-17-15-13-11-9-7-2/h20-23,42H,6-19,24-41H2,1-5H3/p+1/b22-20-,23-21+. The van der Waals surface area contributed by atoms with E-state index in [1.165, 1.54) is 96.3 Å². The van der Waals surface area contributed by atoms with Gasteiger partial charge in [-0.3, -0.25) is 18.6 Å². The summed E-state index contributed by atoms with van der Waals surface area (Å²) in [5.74, 6) is -1.25. The predicted molar refractivity (Wildman–Crippen MR) is 223 cm³/mol. The highest BCUT2D eigenvalue weighted by atomic mass is 31.2. The summed E-state index contributed by atoms with van der Waals surface area (Å²) >= 11 is 0. The van der Waals surface area contributed by atoms with Crippen LogP contribution >= 0.6 is 7.82 Å². The highest BCUT2D eigenvalue weighted by molar-refractivity contribution is 7.47. The predicted octanol–water partition coefficient (Wildman–Crippen LogP) is 12.6. The number of allylic oxidation sites excluding steroid dienone is 4. The smallest absolute Gasteiger partial charge is 0.465 e. The Kier molecular flexibility index (Phi) is 35.4. The Morgan fingerprint density at radius 1 is 0.566 bits per heavy atom. The van der Waals surface area contributed by atoms with Crippen molar-refractivity contribution in [2.75, 3.05) is 47.5 Å². The van der Waals surface area contributed by atoms with Crippen LogP contribution in [0.2, 0.25) is 0 Å². The number of hydrogen-bond donors (Lipinski definition) is 1. The van der Waals surface area contributed by atoms with Crippen molar-refractivity contribution in [2.45, 2.75) is 194 Å². The van der Waals surface area contributed by atoms with Crippen molar-refractivity contribution in [1.29, 1.82) is 0 Å². The molecule has 9 heteroatoms. The Morgan fingerprint density at radius 2 is 0.962 bits per heavy atom. The Bertz CT molecular complexity index is 962. The van der Waals surface area contributed by atoms with Crippen molar-refractivity contribution in [1.82, 2.24) is 0 Å². The summed E-state index contributed by atoms with van der Waals surface area (Å²) in [5.41, 5.74) is 0. The average molecular weight is 771 g/mol. The minimum atomic E-state index is -4.34. The van der Waals surface area contributed by atoms with E-state index in [9.17, 15) is 19.0 Å². The second kappa shape index (κ2) is 36.3. The first kappa shape index (κ1) is 51.7. The lowest BCUT2D eigenvalue weighted by atomic mass is 9.99. The van der Waals surface area contributed by atoms with Crippen molar-refractivity contribution in [2.24, 2.45) is 5.92 Å². The molecule has 0 aliphatic rings. The van der Waals surface area contributed by atoms with Crippen molar-refractivity contribution in [3.05, 3.63) is 24.3 Å². The number of quaternary nitrogens is 1. The van der Waals surface area contributed by atoms with Gasteiger partial charge in [0, 0.05) is 12.8 Å². The molecule has 2 unspecified atom stereocenters. The maximum Gasteiger partial charge on any atom is 0.472 e. The van der Waals surface area contributed by atoms with Crippen molar-refractivity contribution in [3.8, 4) is 0 Å². The van der Waals surface area contributed by atoms with Crippen molar-refractivity contribution in [3.63, 3.8) is 0 Å². The summed E-state index contributed by atoms with van der Waals surface area (Å²) in [7, 11) is 1.54. The Morgan fingerprint density at radius 3 is 1.40 bits per heavy atom. The van der Waals surface area contributed by atoms with Gasteiger partial charge >= 0.3 is 13.8 Å². The SMILES string of the molecule is CCCCCCCC/C=C\CCCCCCCC(=O)C(COC(=O)CCCCCCC/C=C/CCCCCCCC)COP(=O)(O)OCC[N+](C)(C)C. The van der Waals surface area contributed by atoms with E-state index < -0.39 is 13.7 Å². The maximum atomic E-state index is 13.2. The molecule has 0 saturated carbocycles. The molecule has 0 amide bonds. The summed E-state index contributed by atoms with van der Waals surface area (Å²) in [6.45, 7) is 4.62. The van der Waals surface area contributed by atoms with Crippen molar-refractivity contribution >= 4 is 19.6 Å². The van der Waals surface area contributed by atoms with Crippen LogP contribution in [-0.2, 0) is 27.9 Å². The number of nitrogens with zero attached hydrogens (tertiary/aromatic N) is 1. The van der Waals surface area contributed by atoms with Gasteiger partial charge in [0.2, 0.25) is 0 Å². The first-order valence-electron chi connectivity index (χ1n) is 21.9. The molecular formula is C44H85NO7P+. The average Bonchev–Trinajstić information content (AvgIpc) is 3.10. The van der Waals surface area contributed by atoms with Crippen LogP contribution in [0.1, 0.15) is 194 Å². The summed E-state index contributed by atoms with van der Waals surface area (Å²) in [6, 6.07) is 0. The Hall–Kier alpha value is -1.31. The maximum absolute atomic E-state index is 13.2. The van der Waals surface area contributed by atoms with E-state index in [2.05, 4.69) is 38.2 Å². The third-order valence-corrected chi connectivity index (χ3v) is 10.7. The lowest BCUT2D eigenvalue weighted by molar-refractivity contribution is -0.870. The van der Waals surface area contributed by atoms with Gasteiger partial charge in [0.25, 0.3) is 0 Å². The third-order valence-electron chi connectivity index (χ3n) is 9.68. The number of ether oxygens (including phenoxy) is 1. The number of Topliss-reactive ketones (excluding diaryl/α,β-unsaturated/α-hetero) is 1. The normalized spacial score (nSPS) is 13.9. The van der Waals surface area contributed by atoms with Gasteiger partial charge < -0.3 is 14.1 Å². The Balaban J connectivity index is 4.41. The molecule has 2 atom stereocenters. The van der Waals surface area contributed by atoms with Crippen molar-refractivity contribution < 1.29 is 37.3 Å². The zero-order chi connectivity index (χ0) is 39.3. The molecular weight excluding hydrogens is 685 g/mol. The van der Waals surface area contributed by atoms with E-state index in [4.69, 9.17) is 13.8 Å². The molecule has 0 saturated heterocycles. The first-order valence-corrected chi connectivity index (χ1v) is 23.4. The topological polar surface area (TPSA) is 99.1 Å². The number of ketones is 1. The molecule has 0 aromatic carbocycles. The molecule has 0 spiro atoms. The highest BCUT2D eigenvalue weighted by Gasteiger charge is 2.28. The number of hydrogen-bond acceptors (Lipinski definition) is 6. The van der Waals surface area contributed by atoms with Crippen LogP contribution in [0.4, 0.5) is 0 Å². The number of carbonyl (C=O) groups excluding carboxylic acids is 2. The summed E-state index contributed by atoms with van der Waals surface area (Å²) in [6.07, 6.45) is 40.7. The number of rotatable bonds is 40. The van der Waals surface area contributed by atoms with Gasteiger partial charge in [0.15, 0.2) is 0 Å². The third kappa shape index (κ3) is 38.7. The number of phosphoric acid groups is 1. The molecule has 0 heterocycles. The van der Waals surface area contributed by atoms with E-state index in [0.29, 0.717) is 23.9 Å². The minimum absolute atomic E-state index is 0.0513. The minimum Gasteiger partial charge on any atom is -0.465 e. The number of likely N-dealkylation sites (N-methyl/N-ethyl adjacent to an activating group) is 1. The van der Waals surface area contributed by atoms with Gasteiger partial charge in [0.05, 0.1) is 33.7 Å². The van der Waals surface area contributed by atoms with Gasteiger partial charge in [-0.25, -0.2) is 4.57 Å². The largest absolute Gasteiger partial charge is 0.472 e. The van der Waals surface area contributed by atoms with E-state index in [0.717, 1.165) is 70.6 Å². The molecule has 8 nitrogen and oxygen atoms in total. The second-order valence-electron chi connectivity index (χ2n) is 16.1. The van der Waals surface area contributed by atoms with Crippen LogP contribution in [0, 0.1) is 5.92 Å². The van der Waals surface area contributed by atoms with Crippen LogP contribution in [0.15, 0.2) is 24.3 Å². The molecule has 0 aliphatic carbocycles. The molecule has 0 aromatic heterocycles. The zero-order valence-corrected chi connectivity index (χ0v) is 36.2. The molecule has 1 N–H and O–H groups in total. The van der Waals surface area contributed by atoms with E-state index in [1.54, 1.807) is 0 Å². The number of esters is 1. The lowest BCUT2D eigenvalue weighted by Crippen LogP contribution is -2.37. The monoisotopic (exact) mass is 771 g/mol. The van der Waals surface area contributed by atoms with Gasteiger partial charge in [-0.15, -0.1) is 0 Å². The number of phosphoric ester groups is 1.